The lowest BCUT2D eigenvalue weighted by Crippen LogP contribution is -2.34. The predicted octanol–water partition coefficient (Wildman–Crippen LogP) is 5.44. The Morgan fingerprint density at radius 3 is 1.35 bits per heavy atom. The summed E-state index contributed by atoms with van der Waals surface area (Å²) in [6.45, 7) is 2.26. The molecule has 0 heterocycles. The van der Waals surface area contributed by atoms with Crippen LogP contribution in [0, 0.1) is 0 Å². The lowest BCUT2D eigenvalue weighted by molar-refractivity contribution is -0.120. The molecule has 0 aromatic rings. The van der Waals surface area contributed by atoms with Crippen LogP contribution in [0.15, 0.2) is 0 Å². The van der Waals surface area contributed by atoms with Gasteiger partial charge < -0.3 is 5.73 Å². The minimum absolute atomic E-state index is 0.257. The number of imide groups is 1. The van der Waals surface area contributed by atoms with E-state index in [0.29, 0.717) is 6.42 Å². The molecule has 0 aliphatic heterocycles. The predicted molar refractivity (Wildman–Crippen MR) is 97.3 cm³/mol. The fourth-order valence-electron chi connectivity index (χ4n) is 2.86. The molecule has 3 N–H and O–H groups in total. The van der Waals surface area contributed by atoms with Gasteiger partial charge in [0.05, 0.1) is 0 Å². The summed E-state index contributed by atoms with van der Waals surface area (Å²) in [6, 6.07) is -0.754. The van der Waals surface area contributed by atoms with Gasteiger partial charge in [-0.2, -0.15) is 0 Å². The van der Waals surface area contributed by atoms with Crippen LogP contribution in [0.4, 0.5) is 4.79 Å². The number of hydrogen-bond donors (Lipinski definition) is 2. The van der Waals surface area contributed by atoms with Crippen LogP contribution >= 0.6 is 0 Å². The zero-order valence-electron chi connectivity index (χ0n) is 15.2. The molecule has 0 aliphatic rings. The minimum Gasteiger partial charge on any atom is -0.351 e. The Balaban J connectivity index is 3.08. The molecule has 0 aromatic carbocycles. The van der Waals surface area contributed by atoms with Gasteiger partial charge in [0.1, 0.15) is 0 Å². The Kier molecular flexibility index (Phi) is 16.5. The van der Waals surface area contributed by atoms with Crippen molar-refractivity contribution in [1.29, 1.82) is 0 Å². The standard InChI is InChI=1S/C19H38N2O2/c1-2-3-4-5-6-7-8-9-10-11-12-13-14-15-16-17-18(22)21-19(20)23/h2-17H2,1H3,(H3,20,21,22,23). The first-order chi connectivity index (χ1) is 11.2. The first-order valence-corrected chi connectivity index (χ1v) is 9.76. The Morgan fingerprint density at radius 1 is 0.652 bits per heavy atom. The van der Waals surface area contributed by atoms with Crippen LogP contribution in [-0.2, 0) is 4.79 Å². The van der Waals surface area contributed by atoms with Crippen molar-refractivity contribution in [2.75, 3.05) is 0 Å². The minimum atomic E-state index is -0.754. The van der Waals surface area contributed by atoms with Gasteiger partial charge in [-0.05, 0) is 6.42 Å². The molecule has 0 bridgehead atoms. The fraction of sp³-hybridized carbons (Fsp3) is 0.895. The van der Waals surface area contributed by atoms with Gasteiger partial charge in [-0.15, -0.1) is 0 Å². The van der Waals surface area contributed by atoms with E-state index in [1.54, 1.807) is 0 Å². The Hall–Kier alpha value is -1.06. The van der Waals surface area contributed by atoms with Crippen LogP contribution in [0.1, 0.15) is 110 Å². The van der Waals surface area contributed by atoms with Gasteiger partial charge in [-0.1, -0.05) is 96.8 Å². The number of carbonyl (C=O) groups is 2. The van der Waals surface area contributed by atoms with Gasteiger partial charge in [0.15, 0.2) is 0 Å². The summed E-state index contributed by atoms with van der Waals surface area (Å²) in [7, 11) is 0. The molecule has 0 aromatic heterocycles. The van der Waals surface area contributed by atoms with Gasteiger partial charge in [-0.25, -0.2) is 4.79 Å². The molecule has 136 valence electrons. The lowest BCUT2D eigenvalue weighted by atomic mass is 10.0. The number of unbranched alkanes of at least 4 members (excludes halogenated alkanes) is 14. The van der Waals surface area contributed by atoms with Crippen LogP contribution in [0.2, 0.25) is 0 Å². The van der Waals surface area contributed by atoms with E-state index < -0.39 is 6.03 Å². The molecule has 0 fully saturated rings. The van der Waals surface area contributed by atoms with E-state index in [1.165, 1.54) is 83.5 Å². The molecular weight excluding hydrogens is 288 g/mol. The first-order valence-electron chi connectivity index (χ1n) is 9.76. The monoisotopic (exact) mass is 326 g/mol. The van der Waals surface area contributed by atoms with Crippen molar-refractivity contribution in [1.82, 2.24) is 5.32 Å². The highest BCUT2D eigenvalue weighted by Crippen LogP contribution is 2.13. The second-order valence-electron chi connectivity index (χ2n) is 6.61. The third-order valence-corrected chi connectivity index (χ3v) is 4.27. The Labute approximate surface area is 143 Å². The Bertz CT molecular complexity index is 293. The molecule has 23 heavy (non-hydrogen) atoms. The van der Waals surface area contributed by atoms with Gasteiger partial charge in [0, 0.05) is 6.42 Å². The maximum absolute atomic E-state index is 11.2. The zero-order chi connectivity index (χ0) is 17.2. The fourth-order valence-corrected chi connectivity index (χ4v) is 2.86. The van der Waals surface area contributed by atoms with Crippen molar-refractivity contribution in [2.45, 2.75) is 110 Å². The van der Waals surface area contributed by atoms with E-state index in [4.69, 9.17) is 5.73 Å². The molecule has 0 rings (SSSR count). The quantitative estimate of drug-likeness (QED) is 0.370. The number of nitrogens with one attached hydrogen (secondary N) is 1. The molecule has 0 unspecified atom stereocenters. The molecule has 0 atom stereocenters. The smallest absolute Gasteiger partial charge is 0.318 e. The highest BCUT2D eigenvalue weighted by atomic mass is 16.2. The van der Waals surface area contributed by atoms with Crippen molar-refractivity contribution in [3.05, 3.63) is 0 Å². The highest BCUT2D eigenvalue weighted by Gasteiger charge is 2.02. The van der Waals surface area contributed by atoms with Gasteiger partial charge in [0.25, 0.3) is 0 Å². The second kappa shape index (κ2) is 17.3. The molecular formula is C19H38N2O2. The van der Waals surface area contributed by atoms with Crippen molar-refractivity contribution in [2.24, 2.45) is 5.73 Å². The number of rotatable bonds is 16. The number of urea groups is 1. The topological polar surface area (TPSA) is 72.2 Å². The van der Waals surface area contributed by atoms with Gasteiger partial charge in [0.2, 0.25) is 5.91 Å². The van der Waals surface area contributed by atoms with E-state index in [-0.39, 0.29) is 5.91 Å². The molecule has 0 aliphatic carbocycles. The maximum atomic E-state index is 11.2. The van der Waals surface area contributed by atoms with Crippen LogP contribution < -0.4 is 11.1 Å². The summed E-state index contributed by atoms with van der Waals surface area (Å²) in [5.74, 6) is -0.257. The van der Waals surface area contributed by atoms with Gasteiger partial charge in [-0.3, -0.25) is 10.1 Å². The number of carbonyl (C=O) groups excluding carboxylic acids is 2. The number of hydrogen-bond acceptors (Lipinski definition) is 2. The number of nitrogens with two attached hydrogens (primary N) is 1. The Morgan fingerprint density at radius 2 is 1.00 bits per heavy atom. The third kappa shape index (κ3) is 18.9. The van der Waals surface area contributed by atoms with E-state index in [1.807, 2.05) is 0 Å². The second-order valence-corrected chi connectivity index (χ2v) is 6.61. The molecule has 0 spiro atoms. The summed E-state index contributed by atoms with van der Waals surface area (Å²) in [5.41, 5.74) is 4.88. The van der Waals surface area contributed by atoms with E-state index in [9.17, 15) is 9.59 Å². The van der Waals surface area contributed by atoms with Crippen LogP contribution in [0.5, 0.6) is 0 Å². The summed E-state index contributed by atoms with van der Waals surface area (Å²) >= 11 is 0. The molecule has 0 radical (unpaired) electrons. The maximum Gasteiger partial charge on any atom is 0.318 e. The highest BCUT2D eigenvalue weighted by molar-refractivity contribution is 5.93. The van der Waals surface area contributed by atoms with Gasteiger partial charge >= 0.3 is 6.03 Å². The number of amides is 3. The van der Waals surface area contributed by atoms with Crippen molar-refractivity contribution in [3.8, 4) is 0 Å². The molecule has 3 amide bonds. The summed E-state index contributed by atoms with van der Waals surface area (Å²) in [4.78, 5) is 21.6. The van der Waals surface area contributed by atoms with E-state index >= 15 is 0 Å². The molecule has 0 saturated heterocycles. The van der Waals surface area contributed by atoms with Crippen molar-refractivity contribution >= 4 is 11.9 Å². The van der Waals surface area contributed by atoms with E-state index in [0.717, 1.165) is 12.8 Å². The first kappa shape index (κ1) is 21.9. The molecule has 0 saturated carbocycles. The lowest BCUT2D eigenvalue weighted by Gasteiger charge is -2.03. The molecule has 4 nitrogen and oxygen atoms in total. The molecule has 4 heteroatoms. The number of primary amides is 1. The van der Waals surface area contributed by atoms with Crippen molar-refractivity contribution in [3.63, 3.8) is 0 Å². The normalized spacial score (nSPS) is 10.7. The average molecular weight is 327 g/mol. The van der Waals surface area contributed by atoms with Crippen molar-refractivity contribution < 1.29 is 9.59 Å². The summed E-state index contributed by atoms with van der Waals surface area (Å²) < 4.78 is 0. The SMILES string of the molecule is CCCCCCCCCCCCCCCCCC(=O)NC(N)=O. The summed E-state index contributed by atoms with van der Waals surface area (Å²) in [5, 5.41) is 2.09. The van der Waals surface area contributed by atoms with Crippen LogP contribution in [0.25, 0.3) is 0 Å². The van der Waals surface area contributed by atoms with Crippen LogP contribution in [0.3, 0.4) is 0 Å². The van der Waals surface area contributed by atoms with E-state index in [2.05, 4.69) is 12.2 Å². The third-order valence-electron chi connectivity index (χ3n) is 4.27. The summed E-state index contributed by atoms with van der Waals surface area (Å²) in [6.07, 6.45) is 20.0. The largest absolute Gasteiger partial charge is 0.351 e. The zero-order valence-corrected chi connectivity index (χ0v) is 15.2. The van der Waals surface area contributed by atoms with Crippen LogP contribution in [-0.4, -0.2) is 11.9 Å². The average Bonchev–Trinajstić information content (AvgIpc) is 2.50.